The van der Waals surface area contributed by atoms with Crippen LogP contribution in [0.4, 0.5) is 5.69 Å². The largest absolute Gasteiger partial charge is 0.387 e. The van der Waals surface area contributed by atoms with E-state index < -0.39 is 6.10 Å². The summed E-state index contributed by atoms with van der Waals surface area (Å²) in [6.07, 6.45) is -0.509. The van der Waals surface area contributed by atoms with Crippen LogP contribution in [0.3, 0.4) is 0 Å². The number of hydrogen-bond donors (Lipinski definition) is 2. The molecule has 0 aromatic heterocycles. The van der Waals surface area contributed by atoms with Crippen LogP contribution >= 0.6 is 15.9 Å². The zero-order valence-corrected chi connectivity index (χ0v) is 14.3. The van der Waals surface area contributed by atoms with E-state index in [1.54, 1.807) is 0 Å². The molecule has 0 aliphatic rings. The first-order chi connectivity index (χ1) is 9.95. The standard InChI is InChI=1S/C18H22BrNO/c1-12(2)14-4-6-15(7-5-14)18(21)11-20-17-9-13(3)8-16(19)10-17/h4-10,12,18,20-21H,11H2,1-3H3. The second kappa shape index (κ2) is 7.10. The number of hydrogen-bond acceptors (Lipinski definition) is 2. The molecule has 0 amide bonds. The van der Waals surface area contributed by atoms with Crippen molar-refractivity contribution in [3.63, 3.8) is 0 Å². The van der Waals surface area contributed by atoms with Gasteiger partial charge in [-0.1, -0.05) is 54.0 Å². The summed E-state index contributed by atoms with van der Waals surface area (Å²) in [6, 6.07) is 14.3. The molecule has 0 spiro atoms. The summed E-state index contributed by atoms with van der Waals surface area (Å²) in [5.41, 5.74) is 4.43. The van der Waals surface area contributed by atoms with Crippen LogP contribution in [0, 0.1) is 6.92 Å². The summed E-state index contributed by atoms with van der Waals surface area (Å²) < 4.78 is 1.04. The topological polar surface area (TPSA) is 32.3 Å². The summed E-state index contributed by atoms with van der Waals surface area (Å²) in [4.78, 5) is 0. The van der Waals surface area contributed by atoms with Crippen molar-refractivity contribution < 1.29 is 5.11 Å². The van der Waals surface area contributed by atoms with Gasteiger partial charge in [0.2, 0.25) is 0 Å². The Balaban J connectivity index is 1.99. The number of halogens is 1. The molecular weight excluding hydrogens is 326 g/mol. The van der Waals surface area contributed by atoms with E-state index in [4.69, 9.17) is 0 Å². The Kier molecular flexibility index (Phi) is 5.43. The van der Waals surface area contributed by atoms with Crippen LogP contribution < -0.4 is 5.32 Å². The second-order valence-corrected chi connectivity index (χ2v) is 6.65. The Morgan fingerprint density at radius 1 is 1.05 bits per heavy atom. The fourth-order valence-corrected chi connectivity index (χ4v) is 2.88. The van der Waals surface area contributed by atoms with Crippen molar-refractivity contribution in [2.24, 2.45) is 0 Å². The highest BCUT2D eigenvalue weighted by atomic mass is 79.9. The normalized spacial score (nSPS) is 12.5. The van der Waals surface area contributed by atoms with Crippen molar-refractivity contribution in [1.82, 2.24) is 0 Å². The van der Waals surface area contributed by atoms with E-state index in [0.717, 1.165) is 15.7 Å². The van der Waals surface area contributed by atoms with Gasteiger partial charge in [0.25, 0.3) is 0 Å². The van der Waals surface area contributed by atoms with E-state index in [1.807, 2.05) is 18.2 Å². The highest BCUT2D eigenvalue weighted by Gasteiger charge is 2.08. The maximum absolute atomic E-state index is 10.3. The molecule has 112 valence electrons. The number of nitrogens with one attached hydrogen (secondary N) is 1. The highest BCUT2D eigenvalue weighted by Crippen LogP contribution is 2.22. The van der Waals surface area contributed by atoms with Crippen LogP contribution in [-0.4, -0.2) is 11.7 Å². The van der Waals surface area contributed by atoms with E-state index in [1.165, 1.54) is 11.1 Å². The number of anilines is 1. The minimum absolute atomic E-state index is 0.497. The molecule has 3 heteroatoms. The third-order valence-corrected chi connectivity index (χ3v) is 3.99. The van der Waals surface area contributed by atoms with Crippen LogP contribution in [-0.2, 0) is 0 Å². The molecule has 0 heterocycles. The summed E-state index contributed by atoms with van der Waals surface area (Å²) in [5, 5.41) is 13.6. The molecule has 0 fully saturated rings. The lowest BCUT2D eigenvalue weighted by atomic mass is 10.00. The third-order valence-electron chi connectivity index (χ3n) is 3.53. The number of aliphatic hydroxyl groups excluding tert-OH is 1. The van der Waals surface area contributed by atoms with Gasteiger partial charge in [-0.15, -0.1) is 0 Å². The maximum Gasteiger partial charge on any atom is 0.0962 e. The van der Waals surface area contributed by atoms with E-state index in [2.05, 4.69) is 66.3 Å². The van der Waals surface area contributed by atoms with Crippen LogP contribution in [0.2, 0.25) is 0 Å². The lowest BCUT2D eigenvalue weighted by molar-refractivity contribution is 0.191. The number of benzene rings is 2. The molecule has 0 bridgehead atoms. The van der Waals surface area contributed by atoms with Crippen LogP contribution in [0.1, 0.15) is 42.6 Å². The number of aryl methyl sites for hydroxylation is 1. The fraction of sp³-hybridized carbons (Fsp3) is 0.333. The lowest BCUT2D eigenvalue weighted by Crippen LogP contribution is -2.12. The Hall–Kier alpha value is -1.32. The molecular formula is C18H22BrNO. The van der Waals surface area contributed by atoms with Gasteiger partial charge in [-0.05, 0) is 47.7 Å². The predicted molar refractivity (Wildman–Crippen MR) is 92.9 cm³/mol. The molecule has 2 rings (SSSR count). The van der Waals surface area contributed by atoms with Crippen molar-refractivity contribution >= 4 is 21.6 Å². The predicted octanol–water partition coefficient (Wildman–Crippen LogP) is 5.03. The molecule has 0 aliphatic carbocycles. The molecule has 2 nitrogen and oxygen atoms in total. The highest BCUT2D eigenvalue weighted by molar-refractivity contribution is 9.10. The SMILES string of the molecule is Cc1cc(Br)cc(NCC(O)c2ccc(C(C)C)cc2)c1. The molecule has 1 atom stereocenters. The van der Waals surface area contributed by atoms with Crippen LogP contribution in [0.25, 0.3) is 0 Å². The van der Waals surface area contributed by atoms with Crippen molar-refractivity contribution in [2.45, 2.75) is 32.8 Å². The lowest BCUT2D eigenvalue weighted by Gasteiger charge is -2.15. The molecule has 0 aliphatic heterocycles. The van der Waals surface area contributed by atoms with E-state index in [-0.39, 0.29) is 0 Å². The van der Waals surface area contributed by atoms with Gasteiger partial charge in [-0.25, -0.2) is 0 Å². The van der Waals surface area contributed by atoms with Gasteiger partial charge in [-0.2, -0.15) is 0 Å². The minimum atomic E-state index is -0.509. The van der Waals surface area contributed by atoms with E-state index in [0.29, 0.717) is 12.5 Å². The third kappa shape index (κ3) is 4.58. The van der Waals surface area contributed by atoms with Gasteiger partial charge < -0.3 is 10.4 Å². The summed E-state index contributed by atoms with van der Waals surface area (Å²) >= 11 is 3.48. The molecule has 0 saturated heterocycles. The zero-order valence-electron chi connectivity index (χ0n) is 12.7. The number of aliphatic hydroxyl groups is 1. The molecule has 0 radical (unpaired) electrons. The van der Waals surface area contributed by atoms with Crippen molar-refractivity contribution in [1.29, 1.82) is 0 Å². The quantitative estimate of drug-likeness (QED) is 0.795. The van der Waals surface area contributed by atoms with Crippen molar-refractivity contribution in [2.75, 3.05) is 11.9 Å². The molecule has 2 N–H and O–H groups in total. The van der Waals surface area contributed by atoms with E-state index in [9.17, 15) is 5.11 Å². The zero-order chi connectivity index (χ0) is 15.4. The van der Waals surface area contributed by atoms with Crippen LogP contribution in [0.5, 0.6) is 0 Å². The second-order valence-electron chi connectivity index (χ2n) is 5.74. The smallest absolute Gasteiger partial charge is 0.0962 e. The molecule has 2 aromatic carbocycles. The molecule has 0 saturated carbocycles. The summed E-state index contributed by atoms with van der Waals surface area (Å²) in [6.45, 7) is 6.89. The Labute approximate surface area is 135 Å². The first-order valence-corrected chi connectivity index (χ1v) is 8.04. The summed E-state index contributed by atoms with van der Waals surface area (Å²) in [7, 11) is 0. The Morgan fingerprint density at radius 3 is 2.24 bits per heavy atom. The van der Waals surface area contributed by atoms with Crippen molar-refractivity contribution in [3.05, 3.63) is 63.6 Å². The Morgan fingerprint density at radius 2 is 1.67 bits per heavy atom. The van der Waals surface area contributed by atoms with Crippen LogP contribution in [0.15, 0.2) is 46.9 Å². The minimum Gasteiger partial charge on any atom is -0.387 e. The van der Waals surface area contributed by atoms with Gasteiger partial charge in [0.15, 0.2) is 0 Å². The first kappa shape index (κ1) is 16.1. The Bertz CT molecular complexity index is 572. The molecule has 1 unspecified atom stereocenters. The van der Waals surface area contributed by atoms with Gasteiger partial charge >= 0.3 is 0 Å². The molecule has 2 aromatic rings. The van der Waals surface area contributed by atoms with Gasteiger partial charge in [0.1, 0.15) is 0 Å². The first-order valence-electron chi connectivity index (χ1n) is 7.24. The monoisotopic (exact) mass is 347 g/mol. The fourth-order valence-electron chi connectivity index (χ4n) is 2.27. The van der Waals surface area contributed by atoms with Gasteiger partial charge in [-0.3, -0.25) is 0 Å². The maximum atomic E-state index is 10.3. The molecule has 21 heavy (non-hydrogen) atoms. The van der Waals surface area contributed by atoms with E-state index >= 15 is 0 Å². The summed E-state index contributed by atoms with van der Waals surface area (Å²) in [5.74, 6) is 0.513. The number of rotatable bonds is 5. The van der Waals surface area contributed by atoms with Gasteiger partial charge in [0.05, 0.1) is 6.10 Å². The van der Waals surface area contributed by atoms with Gasteiger partial charge in [0, 0.05) is 16.7 Å². The average Bonchev–Trinajstić information content (AvgIpc) is 2.44. The average molecular weight is 348 g/mol. The van der Waals surface area contributed by atoms with Crippen molar-refractivity contribution in [3.8, 4) is 0 Å².